The Morgan fingerprint density at radius 2 is 1.71 bits per heavy atom. The molecule has 14 heavy (non-hydrogen) atoms. The van der Waals surface area contributed by atoms with Crippen molar-refractivity contribution in [3.63, 3.8) is 0 Å². The van der Waals surface area contributed by atoms with Crippen molar-refractivity contribution in [2.24, 2.45) is 0 Å². The Bertz CT molecular complexity index is 171. The highest BCUT2D eigenvalue weighted by Gasteiger charge is 2.31. The minimum Gasteiger partial charge on any atom is -0.285 e. The van der Waals surface area contributed by atoms with Gasteiger partial charge in [-0.05, 0) is 28.8 Å². The molecule has 0 aromatic carbocycles. The fourth-order valence-corrected chi connectivity index (χ4v) is 2.62. The Morgan fingerprint density at radius 3 is 2.14 bits per heavy atom. The van der Waals surface area contributed by atoms with Crippen molar-refractivity contribution in [3.05, 3.63) is 0 Å². The van der Waals surface area contributed by atoms with Crippen LogP contribution in [0.15, 0.2) is 0 Å². The summed E-state index contributed by atoms with van der Waals surface area (Å²) in [7, 11) is 0. The normalized spacial score (nSPS) is 15.1. The van der Waals surface area contributed by atoms with Crippen LogP contribution < -0.4 is 0 Å². The van der Waals surface area contributed by atoms with Gasteiger partial charge in [-0.2, -0.15) is 0 Å². The van der Waals surface area contributed by atoms with Crippen molar-refractivity contribution in [2.45, 2.75) is 63.1 Å². The van der Waals surface area contributed by atoms with Crippen LogP contribution in [-0.2, 0) is 4.79 Å². The van der Waals surface area contributed by atoms with E-state index in [2.05, 4.69) is 45.7 Å². The predicted molar refractivity (Wildman–Crippen MR) is 69.3 cm³/mol. The lowest BCUT2D eigenvalue weighted by Crippen LogP contribution is -2.27. The third-order valence-corrected chi connectivity index (χ3v) is 4.87. The summed E-state index contributed by atoms with van der Waals surface area (Å²) in [5.41, 5.74) is 0. The highest BCUT2D eigenvalue weighted by atomic mass is 79.9. The van der Waals surface area contributed by atoms with Gasteiger partial charge in [-0.1, -0.05) is 61.9 Å². The molecule has 3 heteroatoms. The lowest BCUT2D eigenvalue weighted by molar-refractivity contribution is -0.112. The molecule has 0 amide bonds. The van der Waals surface area contributed by atoms with Crippen molar-refractivity contribution >= 4 is 36.6 Å². The highest BCUT2D eigenvalue weighted by Crippen LogP contribution is 2.33. The Balaban J connectivity index is 3.90. The third kappa shape index (κ3) is 5.50. The highest BCUT2D eigenvalue weighted by molar-refractivity contribution is 9.20. The smallest absolute Gasteiger partial charge is 0.214 e. The first-order chi connectivity index (χ1) is 6.56. The zero-order valence-corrected chi connectivity index (χ0v) is 12.3. The van der Waals surface area contributed by atoms with Crippen LogP contribution in [0.2, 0.25) is 0 Å². The monoisotopic (exact) mass is 326 g/mol. The molecule has 0 heterocycles. The third-order valence-electron chi connectivity index (χ3n) is 2.43. The van der Waals surface area contributed by atoms with Gasteiger partial charge in [0, 0.05) is 0 Å². The first-order valence-corrected chi connectivity index (χ1v) is 7.04. The molecule has 0 radical (unpaired) electrons. The molecule has 0 bridgehead atoms. The van der Waals surface area contributed by atoms with Crippen molar-refractivity contribution < 1.29 is 4.79 Å². The van der Waals surface area contributed by atoms with Crippen molar-refractivity contribution in [3.8, 4) is 0 Å². The summed E-state index contributed by atoms with van der Waals surface area (Å²) in [5, 5.41) is 0. The molecule has 0 rings (SSSR count). The Morgan fingerprint density at radius 1 is 1.07 bits per heavy atom. The molecule has 84 valence electrons. The van der Waals surface area contributed by atoms with Gasteiger partial charge >= 0.3 is 0 Å². The average molecular weight is 328 g/mol. The van der Waals surface area contributed by atoms with Gasteiger partial charge in [-0.3, -0.25) is 4.79 Å². The topological polar surface area (TPSA) is 17.1 Å². The van der Waals surface area contributed by atoms with Crippen LogP contribution in [0.5, 0.6) is 0 Å². The zero-order valence-electron chi connectivity index (χ0n) is 9.11. The molecule has 0 saturated heterocycles. The molecule has 0 N–H and O–H groups in total. The summed E-state index contributed by atoms with van der Waals surface area (Å²) >= 11 is 6.65. The standard InChI is InChI=1S/C11H20Br2O/c1-3-5-6-7-9-11(13,8-4-2)10(12)14/h3-9H2,1-2H3. The molecule has 0 aliphatic carbocycles. The van der Waals surface area contributed by atoms with Crippen molar-refractivity contribution in [1.82, 2.24) is 0 Å². The van der Waals surface area contributed by atoms with Gasteiger partial charge in [-0.25, -0.2) is 0 Å². The molecule has 1 nitrogen and oxygen atoms in total. The largest absolute Gasteiger partial charge is 0.285 e. The second kappa shape index (κ2) is 7.86. The summed E-state index contributed by atoms with van der Waals surface area (Å²) < 4.78 is -0.210. The van der Waals surface area contributed by atoms with E-state index in [0.29, 0.717) is 0 Å². The van der Waals surface area contributed by atoms with E-state index in [4.69, 9.17) is 0 Å². The van der Waals surface area contributed by atoms with E-state index in [-0.39, 0.29) is 9.02 Å². The Hall–Kier alpha value is 0.630. The van der Waals surface area contributed by atoms with Gasteiger partial charge in [0.2, 0.25) is 4.69 Å². The second-order valence-electron chi connectivity index (χ2n) is 3.80. The molecule has 0 aliphatic heterocycles. The lowest BCUT2D eigenvalue weighted by atomic mass is 9.97. The van der Waals surface area contributed by atoms with Crippen LogP contribution >= 0.6 is 31.9 Å². The number of carbonyl (C=O) groups excluding carboxylic acids is 1. The van der Waals surface area contributed by atoms with Gasteiger partial charge in [0.25, 0.3) is 0 Å². The Kier molecular flexibility index (Phi) is 8.22. The van der Waals surface area contributed by atoms with Crippen molar-refractivity contribution in [1.29, 1.82) is 0 Å². The van der Waals surface area contributed by atoms with Crippen LogP contribution in [0.4, 0.5) is 0 Å². The number of unbranched alkanes of at least 4 members (excludes halogenated alkanes) is 3. The molecule has 1 unspecified atom stereocenters. The number of rotatable bonds is 8. The van der Waals surface area contributed by atoms with Gasteiger partial charge in [0.05, 0.1) is 4.32 Å². The Labute approximate surface area is 104 Å². The fourth-order valence-electron chi connectivity index (χ4n) is 1.55. The van der Waals surface area contributed by atoms with E-state index in [1.807, 2.05) is 0 Å². The number of carbonyl (C=O) groups is 1. The maximum Gasteiger partial charge on any atom is 0.214 e. The first-order valence-electron chi connectivity index (χ1n) is 5.45. The van der Waals surface area contributed by atoms with Gasteiger partial charge in [0.15, 0.2) is 0 Å². The van der Waals surface area contributed by atoms with Crippen LogP contribution in [0.25, 0.3) is 0 Å². The molecule has 0 spiro atoms. The molecule has 0 aromatic rings. The minimum absolute atomic E-state index is 0.100. The number of halogens is 2. The number of hydrogen-bond donors (Lipinski definition) is 0. The number of alkyl halides is 1. The molecule has 0 saturated carbocycles. The first kappa shape index (κ1) is 14.6. The molecule has 1 atom stereocenters. The SMILES string of the molecule is CCCCCCC(Br)(CCC)C(=O)Br. The van der Waals surface area contributed by atoms with Crippen LogP contribution in [-0.4, -0.2) is 9.02 Å². The number of hydrogen-bond acceptors (Lipinski definition) is 1. The maximum atomic E-state index is 11.4. The van der Waals surface area contributed by atoms with E-state index in [1.54, 1.807) is 0 Å². The quantitative estimate of drug-likeness (QED) is 0.355. The second-order valence-corrected chi connectivity index (χ2v) is 6.04. The van der Waals surface area contributed by atoms with Gasteiger partial charge in [-0.15, -0.1) is 0 Å². The molecule has 0 aromatic heterocycles. The summed E-state index contributed by atoms with van der Waals surface area (Å²) in [4.78, 5) is 11.4. The van der Waals surface area contributed by atoms with E-state index in [9.17, 15) is 4.79 Å². The van der Waals surface area contributed by atoms with Gasteiger partial charge in [0.1, 0.15) is 0 Å². The molecular weight excluding hydrogens is 308 g/mol. The van der Waals surface area contributed by atoms with Crippen LogP contribution in [0, 0.1) is 0 Å². The maximum absolute atomic E-state index is 11.4. The van der Waals surface area contributed by atoms with E-state index in [0.717, 1.165) is 25.7 Å². The minimum atomic E-state index is -0.310. The fraction of sp³-hybridized carbons (Fsp3) is 0.909. The molecule has 0 aliphatic rings. The summed E-state index contributed by atoms with van der Waals surface area (Å²) in [6, 6.07) is 0. The van der Waals surface area contributed by atoms with Crippen LogP contribution in [0.1, 0.15) is 58.8 Å². The average Bonchev–Trinajstić information content (AvgIpc) is 2.13. The van der Waals surface area contributed by atoms with Gasteiger partial charge < -0.3 is 0 Å². The lowest BCUT2D eigenvalue weighted by Gasteiger charge is -2.22. The van der Waals surface area contributed by atoms with Crippen molar-refractivity contribution in [2.75, 3.05) is 0 Å². The summed E-state index contributed by atoms with van der Waals surface area (Å²) in [5.74, 6) is 0. The molecular formula is C11H20Br2O. The van der Waals surface area contributed by atoms with E-state index in [1.165, 1.54) is 19.3 Å². The zero-order chi connectivity index (χ0) is 11.0. The summed E-state index contributed by atoms with van der Waals surface area (Å²) in [6.07, 6.45) is 7.78. The summed E-state index contributed by atoms with van der Waals surface area (Å²) in [6.45, 7) is 4.31. The van der Waals surface area contributed by atoms with Crippen LogP contribution in [0.3, 0.4) is 0 Å². The predicted octanol–water partition coefficient (Wildman–Crippen LogP) is 4.81. The van der Waals surface area contributed by atoms with E-state index >= 15 is 0 Å². The molecule has 0 fully saturated rings. The van der Waals surface area contributed by atoms with E-state index < -0.39 is 0 Å².